The molecule has 5 nitrogen and oxygen atoms in total. The van der Waals surface area contributed by atoms with Gasteiger partial charge in [0.05, 0.1) is 0 Å². The Hall–Kier alpha value is -2.17. The fraction of sp³-hybridized carbons (Fsp3) is 0.526. The van der Waals surface area contributed by atoms with E-state index in [-0.39, 0.29) is 36.1 Å². The van der Waals surface area contributed by atoms with Crippen LogP contribution in [-0.4, -0.2) is 35.7 Å². The van der Waals surface area contributed by atoms with Gasteiger partial charge in [0.25, 0.3) is 0 Å². The summed E-state index contributed by atoms with van der Waals surface area (Å²) in [5.41, 5.74) is 4.90. The normalized spacial score (nSPS) is 20.6. The predicted octanol–water partition coefficient (Wildman–Crippen LogP) is 1.91. The molecule has 1 aromatic rings. The van der Waals surface area contributed by atoms with Crippen molar-refractivity contribution in [3.8, 4) is 0 Å². The summed E-state index contributed by atoms with van der Waals surface area (Å²) in [6.07, 6.45) is 0.735. The lowest BCUT2D eigenvalue weighted by molar-refractivity contribution is -0.143. The van der Waals surface area contributed by atoms with Gasteiger partial charge in [-0.3, -0.25) is 19.3 Å². The zero-order valence-electron chi connectivity index (χ0n) is 15.1. The third-order valence-electron chi connectivity index (χ3n) is 4.90. The Balaban J connectivity index is 1.89. The summed E-state index contributed by atoms with van der Waals surface area (Å²) in [6.45, 7) is 9.97. The number of carbonyl (C=O) groups is 3. The first-order valence-electron chi connectivity index (χ1n) is 8.41. The molecule has 1 aliphatic heterocycles. The average molecular weight is 330 g/mol. The van der Waals surface area contributed by atoms with Gasteiger partial charge in [-0.15, -0.1) is 0 Å². The predicted molar refractivity (Wildman–Crippen MR) is 92.4 cm³/mol. The first kappa shape index (κ1) is 18.2. The minimum atomic E-state index is -0.344. The number of benzene rings is 1. The maximum Gasteiger partial charge on any atom is 0.240 e. The molecule has 0 saturated carbocycles. The quantitative estimate of drug-likeness (QED) is 0.839. The van der Waals surface area contributed by atoms with E-state index in [1.807, 2.05) is 0 Å². The number of hydrogen-bond acceptors (Lipinski definition) is 3. The molecule has 1 aromatic carbocycles. The second-order valence-electron chi connectivity index (χ2n) is 6.82. The van der Waals surface area contributed by atoms with Crippen molar-refractivity contribution in [2.75, 3.05) is 13.1 Å². The number of nitrogens with one attached hydrogen (secondary N) is 1. The van der Waals surface area contributed by atoms with Crippen LogP contribution < -0.4 is 5.32 Å². The molecule has 0 unspecified atom stereocenters. The number of likely N-dealkylation sites (tertiary alicyclic amines) is 1. The van der Waals surface area contributed by atoms with Crippen molar-refractivity contribution < 1.29 is 14.4 Å². The van der Waals surface area contributed by atoms with Crippen LogP contribution in [-0.2, 0) is 20.8 Å². The molecule has 1 saturated heterocycles. The van der Waals surface area contributed by atoms with Crippen molar-refractivity contribution >= 4 is 17.7 Å². The van der Waals surface area contributed by atoms with E-state index in [0.717, 1.165) is 11.3 Å². The van der Waals surface area contributed by atoms with E-state index >= 15 is 0 Å². The smallest absolute Gasteiger partial charge is 0.240 e. The SMILES string of the molecule is Cc1cc(C)c(CCNC(=O)CN2C(=O)[C@@H](C)[C@@H](C)C2=O)c(C)c1. The number of amides is 3. The molecule has 5 heteroatoms. The van der Waals surface area contributed by atoms with Crippen LogP contribution in [0.25, 0.3) is 0 Å². The summed E-state index contributed by atoms with van der Waals surface area (Å²) < 4.78 is 0. The van der Waals surface area contributed by atoms with Crippen molar-refractivity contribution in [1.29, 1.82) is 0 Å². The zero-order valence-corrected chi connectivity index (χ0v) is 15.1. The molecule has 0 spiro atoms. The van der Waals surface area contributed by atoms with Gasteiger partial charge in [0.1, 0.15) is 6.54 Å². The summed E-state index contributed by atoms with van der Waals surface area (Å²) in [5.74, 6) is -1.49. The molecule has 0 aromatic heterocycles. The molecule has 0 aliphatic carbocycles. The lowest BCUT2D eigenvalue weighted by atomic mass is 9.97. The Labute approximate surface area is 143 Å². The largest absolute Gasteiger partial charge is 0.354 e. The van der Waals surface area contributed by atoms with Gasteiger partial charge in [-0.25, -0.2) is 0 Å². The standard InChI is InChI=1S/C19H26N2O3/c1-11-8-12(2)16(13(3)9-11)6-7-20-17(22)10-21-18(23)14(4)15(5)19(21)24/h8-9,14-15H,6-7,10H2,1-5H3,(H,20,22)/t14-,15+. The van der Waals surface area contributed by atoms with Crippen LogP contribution in [0, 0.1) is 32.6 Å². The van der Waals surface area contributed by atoms with Crippen LogP contribution in [0.5, 0.6) is 0 Å². The van der Waals surface area contributed by atoms with Crippen molar-refractivity contribution in [3.05, 3.63) is 34.4 Å². The molecule has 0 bridgehead atoms. The number of hydrogen-bond donors (Lipinski definition) is 1. The summed E-state index contributed by atoms with van der Waals surface area (Å²) in [6, 6.07) is 4.27. The highest BCUT2D eigenvalue weighted by atomic mass is 16.2. The van der Waals surface area contributed by atoms with E-state index < -0.39 is 0 Å². The van der Waals surface area contributed by atoms with Crippen molar-refractivity contribution in [2.24, 2.45) is 11.8 Å². The van der Waals surface area contributed by atoms with Crippen molar-refractivity contribution in [3.63, 3.8) is 0 Å². The Kier molecular flexibility index (Phi) is 5.42. The summed E-state index contributed by atoms with van der Waals surface area (Å²) in [4.78, 5) is 37.1. The number of nitrogens with zero attached hydrogens (tertiary/aromatic N) is 1. The molecular weight excluding hydrogens is 304 g/mol. The van der Waals surface area contributed by atoms with Gasteiger partial charge in [0.15, 0.2) is 0 Å². The van der Waals surface area contributed by atoms with Gasteiger partial charge in [0.2, 0.25) is 17.7 Å². The number of rotatable bonds is 5. The molecule has 0 radical (unpaired) electrons. The third kappa shape index (κ3) is 3.66. The Bertz CT molecular complexity index is 638. The highest BCUT2D eigenvalue weighted by Crippen LogP contribution is 2.24. The van der Waals surface area contributed by atoms with Crippen molar-refractivity contribution in [2.45, 2.75) is 41.0 Å². The van der Waals surface area contributed by atoms with Crippen LogP contribution in [0.3, 0.4) is 0 Å². The van der Waals surface area contributed by atoms with E-state index in [1.54, 1.807) is 13.8 Å². The Morgan fingerprint density at radius 2 is 1.54 bits per heavy atom. The molecule has 1 heterocycles. The lowest BCUT2D eigenvalue weighted by Gasteiger charge is -2.15. The second-order valence-corrected chi connectivity index (χ2v) is 6.82. The highest BCUT2D eigenvalue weighted by molar-refractivity contribution is 6.06. The van der Waals surface area contributed by atoms with Gasteiger partial charge in [0, 0.05) is 18.4 Å². The Morgan fingerprint density at radius 1 is 1.04 bits per heavy atom. The van der Waals surface area contributed by atoms with E-state index in [9.17, 15) is 14.4 Å². The minimum absolute atomic E-state index is 0.182. The zero-order chi connectivity index (χ0) is 18.0. The molecule has 3 amide bonds. The van der Waals surface area contributed by atoms with Gasteiger partial charge in [-0.05, 0) is 43.9 Å². The van der Waals surface area contributed by atoms with E-state index in [0.29, 0.717) is 6.54 Å². The van der Waals surface area contributed by atoms with E-state index in [1.165, 1.54) is 22.3 Å². The number of imide groups is 1. The van der Waals surface area contributed by atoms with E-state index in [4.69, 9.17) is 0 Å². The van der Waals surface area contributed by atoms with Crippen LogP contribution in [0.1, 0.15) is 36.1 Å². The van der Waals surface area contributed by atoms with Gasteiger partial charge < -0.3 is 5.32 Å². The van der Waals surface area contributed by atoms with Crippen LogP contribution in [0.4, 0.5) is 0 Å². The van der Waals surface area contributed by atoms with Crippen LogP contribution >= 0.6 is 0 Å². The van der Waals surface area contributed by atoms with E-state index in [2.05, 4.69) is 38.2 Å². The third-order valence-corrected chi connectivity index (χ3v) is 4.90. The monoisotopic (exact) mass is 330 g/mol. The summed E-state index contributed by atoms with van der Waals surface area (Å²) in [5, 5.41) is 2.81. The topological polar surface area (TPSA) is 66.5 Å². The minimum Gasteiger partial charge on any atom is -0.354 e. The molecule has 1 aliphatic rings. The Morgan fingerprint density at radius 3 is 2.04 bits per heavy atom. The van der Waals surface area contributed by atoms with Gasteiger partial charge >= 0.3 is 0 Å². The molecular formula is C19H26N2O3. The molecule has 2 atom stereocenters. The maximum absolute atomic E-state index is 12.1. The summed E-state index contributed by atoms with van der Waals surface area (Å²) >= 11 is 0. The van der Waals surface area contributed by atoms with Crippen LogP contribution in [0.15, 0.2) is 12.1 Å². The average Bonchev–Trinajstić information content (AvgIpc) is 2.68. The molecule has 130 valence electrons. The number of carbonyl (C=O) groups excluding carboxylic acids is 3. The maximum atomic E-state index is 12.1. The van der Waals surface area contributed by atoms with Crippen LogP contribution in [0.2, 0.25) is 0 Å². The first-order chi connectivity index (χ1) is 11.2. The first-order valence-corrected chi connectivity index (χ1v) is 8.41. The highest BCUT2D eigenvalue weighted by Gasteiger charge is 2.42. The molecule has 1 fully saturated rings. The lowest BCUT2D eigenvalue weighted by Crippen LogP contribution is -2.41. The van der Waals surface area contributed by atoms with Crippen molar-refractivity contribution in [1.82, 2.24) is 10.2 Å². The fourth-order valence-corrected chi connectivity index (χ4v) is 3.31. The van der Waals surface area contributed by atoms with Gasteiger partial charge in [-0.1, -0.05) is 31.5 Å². The summed E-state index contributed by atoms with van der Waals surface area (Å²) in [7, 11) is 0. The molecule has 24 heavy (non-hydrogen) atoms. The molecule has 1 N–H and O–H groups in total. The molecule has 2 rings (SSSR count). The number of aryl methyl sites for hydroxylation is 3. The second kappa shape index (κ2) is 7.16. The fourth-order valence-electron chi connectivity index (χ4n) is 3.31. The van der Waals surface area contributed by atoms with Gasteiger partial charge in [-0.2, -0.15) is 0 Å².